The number of thioether (sulfide) groups is 1. The molecule has 17 N–H and O–H groups in total. The quantitative estimate of drug-likeness (QED) is 0.0428. The molecule has 0 spiro atoms. The highest BCUT2D eigenvalue weighted by atomic mass is 32.2. The van der Waals surface area contributed by atoms with Crippen LogP contribution in [-0.4, -0.2) is 247 Å². The second kappa shape index (κ2) is 50.8. The first-order valence-corrected chi connectivity index (χ1v) is 46.6. The van der Waals surface area contributed by atoms with E-state index in [9.17, 15) is 48.9 Å². The number of aliphatic carboxylic acids is 1. The number of aromatic hydroxyl groups is 2. The number of primary amides is 1. The van der Waals surface area contributed by atoms with E-state index in [1.165, 1.54) is 84.2 Å². The molecule has 134 heavy (non-hydrogen) atoms. The van der Waals surface area contributed by atoms with Crippen molar-refractivity contribution in [2.24, 2.45) is 17.6 Å². The van der Waals surface area contributed by atoms with Crippen LogP contribution in [0.25, 0.3) is 10.9 Å². The Kier molecular flexibility index (Phi) is 39.5. The summed E-state index contributed by atoms with van der Waals surface area (Å²) in [4.78, 5) is 243. The van der Waals surface area contributed by atoms with Gasteiger partial charge in [0.2, 0.25) is 88.6 Å². The summed E-state index contributed by atoms with van der Waals surface area (Å²) in [6, 6.07) is 28.7. The van der Waals surface area contributed by atoms with Crippen LogP contribution < -0.4 is 64.2 Å². The number of carbonyl (C=O) groups is 16. The van der Waals surface area contributed by atoms with Gasteiger partial charge in [0.1, 0.15) is 83.5 Å². The maximum Gasteiger partial charge on any atom is 0.305 e. The molecular weight excluding hydrogens is 1740 g/mol. The molecule has 2 fully saturated rings. The van der Waals surface area contributed by atoms with E-state index in [0.717, 1.165) is 11.8 Å². The van der Waals surface area contributed by atoms with Gasteiger partial charge in [-0.15, -0.1) is 11.8 Å². The van der Waals surface area contributed by atoms with Gasteiger partial charge < -0.3 is 99.2 Å². The Morgan fingerprint density at radius 3 is 1.66 bits per heavy atom. The highest BCUT2D eigenvalue weighted by Crippen LogP contribution is 2.27. The summed E-state index contributed by atoms with van der Waals surface area (Å²) in [6.07, 6.45) is 1.51. The summed E-state index contributed by atoms with van der Waals surface area (Å²) >= 11 is 0.852. The second-order valence-electron chi connectivity index (χ2n) is 35.2. The summed E-state index contributed by atoms with van der Waals surface area (Å²) in [5.41, 5.74) is 7.29. The minimum atomic E-state index is -2.01. The summed E-state index contributed by atoms with van der Waals surface area (Å²) < 4.78 is 0. The van der Waals surface area contributed by atoms with Crippen LogP contribution >= 0.6 is 11.8 Å². The number of nitrogens with two attached hydrogens (primary N) is 1. The van der Waals surface area contributed by atoms with E-state index < -0.39 is 191 Å². The number of hydrogen-bond acceptors (Lipinski definition) is 19. The van der Waals surface area contributed by atoms with Crippen molar-refractivity contribution in [3.63, 3.8) is 0 Å². The highest BCUT2D eigenvalue weighted by molar-refractivity contribution is 8.00. The third kappa shape index (κ3) is 31.2. The van der Waals surface area contributed by atoms with E-state index in [4.69, 9.17) is 5.73 Å². The number of amides is 15. The zero-order valence-corrected chi connectivity index (χ0v) is 77.7. The Morgan fingerprint density at radius 2 is 1.06 bits per heavy atom. The number of H-pyrrole nitrogens is 1. The SMILES string of the molecule is CCCC[C@H]1C(=O)NCCCCC(=O)N[C@@H](CC(=O)O)C(=O)N[C@@H](C(C)C)C(=O)N[C@@](C)(Cc2ccccc2)C(=O)N[C@@H](Cc2ccc(O)cc2)C(=O)N2CCCC[C@@H]2C(=O)N[C@@H](Cc2c[nH]c3ccccc23)C(=O)N[C@@H](Cc2ccc(O)cc2)C(=O)N[C@@H](CC(C)C)C(=O)N[C@H](C(=O)NCC(N)=O)CSCC(=O)N[C@@H](Cc2ccccc2)C(=O)N(C)[C@@H](Cc2ccccc2)C(=O)N1C. The monoisotopic (exact) mass is 1860 g/mol. The fraction of sp³-hybridized carbons (Fsp3) is 0.449. The topological polar surface area (TPSA) is 518 Å². The van der Waals surface area contributed by atoms with Crippen molar-refractivity contribution in [2.45, 2.75) is 223 Å². The third-order valence-corrected chi connectivity index (χ3v) is 24.7. The Morgan fingerprint density at radius 1 is 0.530 bits per heavy atom. The third-order valence-electron chi connectivity index (χ3n) is 23.7. The molecule has 3 heterocycles. The lowest BCUT2D eigenvalue weighted by atomic mass is 9.89. The molecule has 718 valence electrons. The fourth-order valence-electron chi connectivity index (χ4n) is 16.3. The Labute approximate surface area is 783 Å². The molecule has 12 atom stereocenters. The molecule has 0 aliphatic carbocycles. The molecule has 15 amide bonds. The number of aromatic nitrogens is 1. The van der Waals surface area contributed by atoms with Crippen LogP contribution in [0, 0.1) is 11.8 Å². The number of nitrogens with one attached hydrogen (secondary N) is 12. The van der Waals surface area contributed by atoms with E-state index in [-0.39, 0.29) is 113 Å². The number of para-hydroxylation sites is 1. The number of phenolic OH excluding ortho intramolecular Hbond substituents is 2. The molecule has 6 aromatic carbocycles. The molecule has 0 bridgehead atoms. The zero-order valence-electron chi connectivity index (χ0n) is 76.9. The molecule has 0 radical (unpaired) electrons. The molecule has 35 nitrogen and oxygen atoms in total. The number of carboxylic acid groups (broad SMARTS) is 1. The summed E-state index contributed by atoms with van der Waals surface area (Å²) in [5, 5.41) is 62.0. The molecule has 0 unspecified atom stereocenters. The smallest absolute Gasteiger partial charge is 0.305 e. The number of phenols is 2. The Bertz CT molecular complexity index is 5220. The maximum atomic E-state index is 15.9. The number of hydrogen-bond donors (Lipinski definition) is 16. The number of rotatable bonds is 23. The number of likely N-dealkylation sites (N-methyl/N-ethyl adjacent to an activating group) is 2. The summed E-state index contributed by atoms with van der Waals surface area (Å²) in [6.45, 7) is 9.25. The largest absolute Gasteiger partial charge is 0.508 e. The number of benzene rings is 6. The normalized spacial score (nSPS) is 23.3. The predicted molar refractivity (Wildman–Crippen MR) is 503 cm³/mol. The number of carbonyl (C=O) groups excluding carboxylic acids is 15. The van der Waals surface area contributed by atoms with E-state index in [2.05, 4.69) is 63.5 Å². The van der Waals surface area contributed by atoms with Gasteiger partial charge in [0.05, 0.1) is 18.7 Å². The van der Waals surface area contributed by atoms with Crippen LogP contribution in [0.1, 0.15) is 146 Å². The molecule has 0 saturated carbocycles. The van der Waals surface area contributed by atoms with Crippen LogP contribution in [0.5, 0.6) is 11.5 Å². The highest BCUT2D eigenvalue weighted by Gasteiger charge is 2.45. The van der Waals surface area contributed by atoms with Gasteiger partial charge in [-0.3, -0.25) is 76.7 Å². The van der Waals surface area contributed by atoms with Gasteiger partial charge in [-0.05, 0) is 127 Å². The summed E-state index contributed by atoms with van der Waals surface area (Å²) in [5.74, 6) is -16.3. The molecule has 2 aliphatic heterocycles. The second-order valence-corrected chi connectivity index (χ2v) is 36.2. The van der Waals surface area contributed by atoms with Crippen LogP contribution in [-0.2, 0) is 115 Å². The zero-order chi connectivity index (χ0) is 97.3. The van der Waals surface area contributed by atoms with Gasteiger partial charge in [-0.2, -0.15) is 0 Å². The molecule has 7 aromatic rings. The molecular formula is C98H126N16O19S. The molecule has 9 rings (SSSR count). The van der Waals surface area contributed by atoms with Gasteiger partial charge in [0.15, 0.2) is 0 Å². The van der Waals surface area contributed by atoms with Gasteiger partial charge in [0.25, 0.3) is 0 Å². The van der Waals surface area contributed by atoms with Crippen LogP contribution in [0.2, 0.25) is 0 Å². The number of nitrogens with zero attached hydrogens (tertiary/aromatic N) is 3. The van der Waals surface area contributed by atoms with Crippen molar-refractivity contribution in [2.75, 3.05) is 45.2 Å². The molecule has 2 aliphatic rings. The van der Waals surface area contributed by atoms with Crippen molar-refractivity contribution >= 4 is 117 Å². The first-order chi connectivity index (χ1) is 64.0. The average molecular weight is 1860 g/mol. The first-order valence-electron chi connectivity index (χ1n) is 45.4. The number of fused-ring (bicyclic) bond motifs is 2. The number of unbranched alkanes of at least 4 members (excludes halogenated alkanes) is 1. The summed E-state index contributed by atoms with van der Waals surface area (Å²) in [7, 11) is 2.87. The van der Waals surface area contributed by atoms with Crippen LogP contribution in [0.3, 0.4) is 0 Å². The van der Waals surface area contributed by atoms with Crippen LogP contribution in [0.4, 0.5) is 0 Å². The first kappa shape index (κ1) is 104. The maximum absolute atomic E-state index is 15.9. The Balaban J connectivity index is 1.10. The minimum Gasteiger partial charge on any atom is -0.508 e. The number of piperidine rings is 1. The standard InChI is InChI=1S/C98H126N16O19S/c1-9-10-34-78-91(127)100-45-24-22-36-82(118)103-74(53-84(120)121)90(126)110-85(60(4)5)93(129)111-98(6,54-65-30-18-13-19-31-65)97(133)109-76(50-64-39-43-68(116)44-40-64)95(131)114-46-25-23-35-79(114)92(128)107-73(52-66-55-101-70-33-21-20-32-69(66)70)89(125)106-72(48-63-37-41-67(115)42-38-63)88(124)105-71(47-59(2)3)87(123)108-77(86(122)102-56-81(99)117)57-134-58-83(119)104-75(49-61-26-14-11-15-27-61)94(130)113(8)80(96(132)112(78)7)51-62-28-16-12-17-29-62/h11-21,26-33,37-44,55,59-60,71-80,85,101,115-116H,9-10,22-25,34-36,45-54,56-58H2,1-8H3,(H2,99,117)(H,100,127)(H,102,122)(H,103,118)(H,104,119)(H,105,124)(H,106,125)(H,107,128)(H,108,123)(H,109,133)(H,110,126)(H,111,129)(H,120,121)/t71-,72-,73-,74-,75-,76-,77-,78-,79+,80-,85-,98-/m0/s1. The lowest BCUT2D eigenvalue weighted by molar-refractivity contribution is -0.148. The number of aromatic amines is 1. The van der Waals surface area contributed by atoms with Crippen molar-refractivity contribution in [3.8, 4) is 11.5 Å². The van der Waals surface area contributed by atoms with Crippen LogP contribution in [0.15, 0.2) is 170 Å². The van der Waals surface area contributed by atoms with E-state index in [0.29, 0.717) is 70.0 Å². The Hall–Kier alpha value is -13.7. The predicted octanol–water partition coefficient (Wildman–Crippen LogP) is 4.13. The van der Waals surface area contributed by atoms with Gasteiger partial charge in [0, 0.05) is 95.0 Å². The van der Waals surface area contributed by atoms with E-state index >= 15 is 43.2 Å². The van der Waals surface area contributed by atoms with Gasteiger partial charge >= 0.3 is 5.97 Å². The molecule has 36 heteroatoms. The lowest BCUT2D eigenvalue weighted by Gasteiger charge is -2.39. The van der Waals surface area contributed by atoms with E-state index in [1.54, 1.807) is 149 Å². The molecule has 2 saturated heterocycles. The van der Waals surface area contributed by atoms with Crippen molar-refractivity contribution < 1.29 is 92.0 Å². The van der Waals surface area contributed by atoms with Gasteiger partial charge in [-0.1, -0.05) is 181 Å². The number of carboxylic acids is 1. The van der Waals surface area contributed by atoms with Crippen molar-refractivity contribution in [3.05, 3.63) is 203 Å². The minimum absolute atomic E-state index is 0.0159. The lowest BCUT2D eigenvalue weighted by Crippen LogP contribution is -2.66. The molecule has 1 aromatic heterocycles. The van der Waals surface area contributed by atoms with Crippen molar-refractivity contribution in [1.29, 1.82) is 0 Å². The fourth-order valence-corrected chi connectivity index (χ4v) is 17.2. The average Bonchev–Trinajstić information content (AvgIpc) is 1.05. The van der Waals surface area contributed by atoms with Crippen molar-refractivity contribution in [1.82, 2.24) is 78.2 Å². The van der Waals surface area contributed by atoms with E-state index in [1.807, 2.05) is 6.92 Å². The van der Waals surface area contributed by atoms with Gasteiger partial charge in [-0.25, -0.2) is 0 Å².